The van der Waals surface area contributed by atoms with Crippen LogP contribution in [0.15, 0.2) is 6.07 Å². The number of anilines is 2. The standard InChI is InChI=1S/C11H17ClN4O/c12-9-6-10(15-11(13)14-9)16-5-3-1-2-4-8(16)7-17/h6,8,17H,1-5,7H2,(H2,13,14,15). The Morgan fingerprint density at radius 2 is 2.24 bits per heavy atom. The summed E-state index contributed by atoms with van der Waals surface area (Å²) in [5, 5.41) is 9.78. The number of aromatic nitrogens is 2. The lowest BCUT2D eigenvalue weighted by Gasteiger charge is -2.29. The number of rotatable bonds is 2. The fraction of sp³-hybridized carbons (Fsp3) is 0.636. The van der Waals surface area contributed by atoms with Crippen LogP contribution in [0.2, 0.25) is 5.15 Å². The van der Waals surface area contributed by atoms with Crippen LogP contribution >= 0.6 is 11.6 Å². The normalized spacial score (nSPS) is 21.3. The van der Waals surface area contributed by atoms with E-state index < -0.39 is 0 Å². The molecule has 94 valence electrons. The quantitative estimate of drug-likeness (QED) is 0.784. The van der Waals surface area contributed by atoms with Crippen molar-refractivity contribution in [2.75, 3.05) is 23.8 Å². The first-order valence-corrected chi connectivity index (χ1v) is 6.26. The van der Waals surface area contributed by atoms with Gasteiger partial charge in [-0.05, 0) is 12.8 Å². The minimum Gasteiger partial charge on any atom is -0.394 e. The molecule has 1 unspecified atom stereocenters. The summed E-state index contributed by atoms with van der Waals surface area (Å²) in [6.07, 6.45) is 4.38. The highest BCUT2D eigenvalue weighted by molar-refractivity contribution is 6.29. The van der Waals surface area contributed by atoms with Gasteiger partial charge in [0.25, 0.3) is 0 Å². The van der Waals surface area contributed by atoms with Gasteiger partial charge in [-0.1, -0.05) is 24.4 Å². The van der Waals surface area contributed by atoms with Crippen LogP contribution in [0, 0.1) is 0 Å². The zero-order valence-corrected chi connectivity index (χ0v) is 10.4. The van der Waals surface area contributed by atoms with Crippen molar-refractivity contribution < 1.29 is 5.11 Å². The average Bonchev–Trinajstić information content (AvgIpc) is 2.52. The lowest BCUT2D eigenvalue weighted by Crippen LogP contribution is -2.38. The zero-order chi connectivity index (χ0) is 12.3. The minimum atomic E-state index is 0.0999. The third kappa shape index (κ3) is 2.98. The highest BCUT2D eigenvalue weighted by Gasteiger charge is 2.22. The summed E-state index contributed by atoms with van der Waals surface area (Å²) < 4.78 is 0. The summed E-state index contributed by atoms with van der Waals surface area (Å²) in [5.41, 5.74) is 5.60. The van der Waals surface area contributed by atoms with Crippen LogP contribution in [0.1, 0.15) is 25.7 Å². The van der Waals surface area contributed by atoms with Gasteiger partial charge in [0.2, 0.25) is 5.95 Å². The second kappa shape index (κ2) is 5.51. The minimum absolute atomic E-state index is 0.0999. The summed E-state index contributed by atoms with van der Waals surface area (Å²) in [7, 11) is 0. The molecule has 1 aliphatic heterocycles. The molecule has 1 fully saturated rings. The van der Waals surface area contributed by atoms with Crippen molar-refractivity contribution >= 4 is 23.4 Å². The van der Waals surface area contributed by atoms with E-state index in [1.165, 1.54) is 6.42 Å². The van der Waals surface area contributed by atoms with Crippen LogP contribution in [-0.4, -0.2) is 34.3 Å². The number of nitrogens with two attached hydrogens (primary N) is 1. The van der Waals surface area contributed by atoms with Crippen molar-refractivity contribution in [1.82, 2.24) is 9.97 Å². The van der Waals surface area contributed by atoms with Gasteiger partial charge in [-0.3, -0.25) is 0 Å². The van der Waals surface area contributed by atoms with E-state index in [4.69, 9.17) is 17.3 Å². The Bertz CT molecular complexity index is 367. The van der Waals surface area contributed by atoms with Gasteiger partial charge < -0.3 is 15.7 Å². The van der Waals surface area contributed by atoms with Crippen molar-refractivity contribution in [3.63, 3.8) is 0 Å². The van der Waals surface area contributed by atoms with Crippen molar-refractivity contribution in [1.29, 1.82) is 0 Å². The SMILES string of the molecule is Nc1nc(Cl)cc(N2CCCCCC2CO)n1. The summed E-state index contributed by atoms with van der Waals surface area (Å²) in [4.78, 5) is 10.1. The van der Waals surface area contributed by atoms with Gasteiger partial charge in [0, 0.05) is 12.6 Å². The molecule has 5 nitrogen and oxygen atoms in total. The molecule has 0 radical (unpaired) electrons. The number of hydrogen-bond donors (Lipinski definition) is 2. The molecule has 17 heavy (non-hydrogen) atoms. The second-order valence-corrected chi connectivity index (χ2v) is 4.67. The number of aliphatic hydroxyl groups is 1. The molecular weight excluding hydrogens is 240 g/mol. The molecule has 1 aliphatic rings. The van der Waals surface area contributed by atoms with Crippen molar-refractivity contribution in [2.45, 2.75) is 31.7 Å². The van der Waals surface area contributed by atoms with Gasteiger partial charge >= 0.3 is 0 Å². The first-order chi connectivity index (χ1) is 8.20. The van der Waals surface area contributed by atoms with Crippen LogP contribution in [-0.2, 0) is 0 Å². The number of nitrogens with zero attached hydrogens (tertiary/aromatic N) is 3. The second-order valence-electron chi connectivity index (χ2n) is 4.29. The van der Waals surface area contributed by atoms with E-state index in [9.17, 15) is 5.11 Å². The van der Waals surface area contributed by atoms with Gasteiger partial charge in [0.1, 0.15) is 11.0 Å². The van der Waals surface area contributed by atoms with Crippen LogP contribution in [0.5, 0.6) is 0 Å². The van der Waals surface area contributed by atoms with Crippen molar-refractivity contribution in [2.24, 2.45) is 0 Å². The monoisotopic (exact) mass is 256 g/mol. The van der Waals surface area contributed by atoms with Gasteiger partial charge in [0.05, 0.1) is 12.6 Å². The van der Waals surface area contributed by atoms with Crippen LogP contribution in [0.3, 0.4) is 0 Å². The zero-order valence-electron chi connectivity index (χ0n) is 9.64. The molecule has 0 spiro atoms. The third-order valence-electron chi connectivity index (χ3n) is 3.08. The molecule has 1 atom stereocenters. The Morgan fingerprint density at radius 1 is 1.41 bits per heavy atom. The summed E-state index contributed by atoms with van der Waals surface area (Å²) in [5.74, 6) is 0.886. The lowest BCUT2D eigenvalue weighted by atomic mass is 10.1. The Hall–Kier alpha value is -1.07. The maximum atomic E-state index is 9.44. The Balaban J connectivity index is 2.27. The van der Waals surface area contributed by atoms with E-state index in [2.05, 4.69) is 14.9 Å². The lowest BCUT2D eigenvalue weighted by molar-refractivity contribution is 0.254. The van der Waals surface area contributed by atoms with E-state index in [0.717, 1.165) is 25.8 Å². The highest BCUT2D eigenvalue weighted by Crippen LogP contribution is 2.24. The van der Waals surface area contributed by atoms with Crippen LogP contribution < -0.4 is 10.6 Å². The predicted octanol–water partition coefficient (Wildman–Crippen LogP) is 1.45. The van der Waals surface area contributed by atoms with Crippen LogP contribution in [0.25, 0.3) is 0 Å². The van der Waals surface area contributed by atoms with E-state index in [-0.39, 0.29) is 18.6 Å². The molecule has 2 heterocycles. The van der Waals surface area contributed by atoms with Crippen molar-refractivity contribution in [3.8, 4) is 0 Å². The number of nitrogen functional groups attached to an aromatic ring is 1. The topological polar surface area (TPSA) is 75.3 Å². The van der Waals surface area contributed by atoms with Crippen molar-refractivity contribution in [3.05, 3.63) is 11.2 Å². The van der Waals surface area contributed by atoms with E-state index in [1.54, 1.807) is 6.07 Å². The average molecular weight is 257 g/mol. The molecular formula is C11H17ClN4O. The molecule has 2 rings (SSSR count). The number of aliphatic hydroxyl groups excluding tert-OH is 1. The van der Waals surface area contributed by atoms with E-state index in [0.29, 0.717) is 11.0 Å². The van der Waals surface area contributed by atoms with Gasteiger partial charge in [-0.15, -0.1) is 0 Å². The molecule has 1 saturated heterocycles. The molecule has 0 aromatic carbocycles. The summed E-state index contributed by atoms with van der Waals surface area (Å²) >= 11 is 5.88. The number of hydrogen-bond acceptors (Lipinski definition) is 5. The number of halogens is 1. The summed E-state index contributed by atoms with van der Waals surface area (Å²) in [6.45, 7) is 1.000. The maximum Gasteiger partial charge on any atom is 0.223 e. The first-order valence-electron chi connectivity index (χ1n) is 5.88. The van der Waals surface area contributed by atoms with E-state index >= 15 is 0 Å². The third-order valence-corrected chi connectivity index (χ3v) is 3.27. The molecule has 0 bridgehead atoms. The fourth-order valence-electron chi connectivity index (χ4n) is 2.24. The van der Waals surface area contributed by atoms with Gasteiger partial charge in [-0.25, -0.2) is 4.98 Å². The van der Waals surface area contributed by atoms with Gasteiger partial charge in [-0.2, -0.15) is 4.98 Å². The Labute approximate surface area is 106 Å². The largest absolute Gasteiger partial charge is 0.394 e. The highest BCUT2D eigenvalue weighted by atomic mass is 35.5. The first kappa shape index (κ1) is 12.4. The van der Waals surface area contributed by atoms with E-state index in [1.807, 2.05) is 0 Å². The molecule has 0 saturated carbocycles. The smallest absolute Gasteiger partial charge is 0.223 e. The molecule has 1 aromatic rings. The fourth-order valence-corrected chi connectivity index (χ4v) is 2.42. The molecule has 3 N–H and O–H groups in total. The van der Waals surface area contributed by atoms with Crippen LogP contribution in [0.4, 0.5) is 11.8 Å². The summed E-state index contributed by atoms with van der Waals surface area (Å²) in [6, 6.07) is 1.80. The predicted molar refractivity (Wildman–Crippen MR) is 68.1 cm³/mol. The molecule has 6 heteroatoms. The molecule has 0 amide bonds. The Kier molecular flexibility index (Phi) is 4.02. The molecule has 1 aromatic heterocycles. The van der Waals surface area contributed by atoms with Gasteiger partial charge in [0.15, 0.2) is 0 Å². The molecule has 0 aliphatic carbocycles. The Morgan fingerprint density at radius 3 is 2.94 bits per heavy atom. The maximum absolute atomic E-state index is 9.44.